The SMILES string of the molecule is CN(CC(=O)N1CCC(N2CCNCC2)C1)c1ccccc1[N+](=O)[O-]. The summed E-state index contributed by atoms with van der Waals surface area (Å²) in [5.41, 5.74) is 0.497. The predicted molar refractivity (Wildman–Crippen MR) is 95.8 cm³/mol. The van der Waals surface area contributed by atoms with Crippen molar-refractivity contribution >= 4 is 17.3 Å². The van der Waals surface area contributed by atoms with E-state index in [2.05, 4.69) is 10.2 Å². The molecule has 1 atom stereocenters. The molecule has 8 heteroatoms. The van der Waals surface area contributed by atoms with Crippen LogP contribution >= 0.6 is 0 Å². The van der Waals surface area contributed by atoms with Crippen molar-refractivity contribution in [1.29, 1.82) is 0 Å². The van der Waals surface area contributed by atoms with E-state index in [-0.39, 0.29) is 18.1 Å². The van der Waals surface area contributed by atoms with E-state index in [1.807, 2.05) is 4.90 Å². The number of carbonyl (C=O) groups is 1. The quantitative estimate of drug-likeness (QED) is 0.618. The number of nitro benzene ring substituents is 1. The molecule has 2 heterocycles. The monoisotopic (exact) mass is 347 g/mol. The van der Waals surface area contributed by atoms with E-state index >= 15 is 0 Å². The zero-order chi connectivity index (χ0) is 17.8. The Bertz CT molecular complexity index is 632. The lowest BCUT2D eigenvalue weighted by molar-refractivity contribution is -0.384. The van der Waals surface area contributed by atoms with Crippen LogP contribution in [0.4, 0.5) is 11.4 Å². The van der Waals surface area contributed by atoms with Crippen LogP contribution in [0, 0.1) is 10.1 Å². The zero-order valence-electron chi connectivity index (χ0n) is 14.6. The highest BCUT2D eigenvalue weighted by molar-refractivity contribution is 5.82. The normalized spacial score (nSPS) is 21.3. The number of nitrogens with one attached hydrogen (secondary N) is 1. The first-order valence-electron chi connectivity index (χ1n) is 8.73. The molecule has 0 radical (unpaired) electrons. The van der Waals surface area contributed by atoms with Crippen LogP contribution in [0.25, 0.3) is 0 Å². The van der Waals surface area contributed by atoms with Gasteiger partial charge in [0.05, 0.1) is 11.5 Å². The lowest BCUT2D eigenvalue weighted by Crippen LogP contribution is -2.49. The number of carbonyl (C=O) groups excluding carboxylic acids is 1. The van der Waals surface area contributed by atoms with Gasteiger partial charge in [0.25, 0.3) is 5.69 Å². The molecule has 2 saturated heterocycles. The second kappa shape index (κ2) is 7.79. The molecule has 1 aromatic rings. The molecule has 0 spiro atoms. The van der Waals surface area contributed by atoms with Crippen molar-refractivity contribution in [2.75, 3.05) is 57.8 Å². The Labute approximate surface area is 147 Å². The van der Waals surface area contributed by atoms with Gasteiger partial charge in [-0.05, 0) is 12.5 Å². The molecule has 1 aromatic carbocycles. The third-order valence-electron chi connectivity index (χ3n) is 5.05. The average molecular weight is 347 g/mol. The van der Waals surface area contributed by atoms with Gasteiger partial charge in [-0.3, -0.25) is 19.8 Å². The average Bonchev–Trinajstić information content (AvgIpc) is 3.12. The number of anilines is 1. The second-order valence-corrected chi connectivity index (χ2v) is 6.67. The number of hydrogen-bond donors (Lipinski definition) is 1. The van der Waals surface area contributed by atoms with E-state index in [0.29, 0.717) is 11.7 Å². The summed E-state index contributed by atoms with van der Waals surface area (Å²) >= 11 is 0. The first-order chi connectivity index (χ1) is 12.1. The summed E-state index contributed by atoms with van der Waals surface area (Å²) in [5, 5.41) is 14.5. The largest absolute Gasteiger partial charge is 0.360 e. The number of piperazine rings is 1. The first-order valence-corrected chi connectivity index (χ1v) is 8.73. The van der Waals surface area contributed by atoms with Crippen LogP contribution in [-0.4, -0.2) is 79.5 Å². The molecule has 0 aliphatic carbocycles. The molecule has 136 valence electrons. The second-order valence-electron chi connectivity index (χ2n) is 6.67. The van der Waals surface area contributed by atoms with Gasteiger partial charge in [0.1, 0.15) is 5.69 Å². The highest BCUT2D eigenvalue weighted by Crippen LogP contribution is 2.26. The Balaban J connectivity index is 1.58. The molecule has 0 bridgehead atoms. The Morgan fingerprint density at radius 3 is 2.76 bits per heavy atom. The van der Waals surface area contributed by atoms with Crippen LogP contribution in [0.1, 0.15) is 6.42 Å². The Morgan fingerprint density at radius 2 is 2.04 bits per heavy atom. The van der Waals surface area contributed by atoms with Crippen molar-refractivity contribution in [3.8, 4) is 0 Å². The highest BCUT2D eigenvalue weighted by Gasteiger charge is 2.31. The smallest absolute Gasteiger partial charge is 0.292 e. The Morgan fingerprint density at radius 1 is 1.32 bits per heavy atom. The molecule has 1 amide bonds. The molecule has 1 unspecified atom stereocenters. The van der Waals surface area contributed by atoms with Crippen molar-refractivity contribution in [3.05, 3.63) is 34.4 Å². The van der Waals surface area contributed by atoms with Crippen LogP contribution in [0.15, 0.2) is 24.3 Å². The molecule has 0 aromatic heterocycles. The molecule has 0 saturated carbocycles. The third kappa shape index (κ3) is 4.08. The number of para-hydroxylation sites is 2. The van der Waals surface area contributed by atoms with Gasteiger partial charge in [-0.1, -0.05) is 12.1 Å². The van der Waals surface area contributed by atoms with Gasteiger partial charge >= 0.3 is 0 Å². The molecule has 2 aliphatic rings. The van der Waals surface area contributed by atoms with Gasteiger partial charge in [0.2, 0.25) is 5.91 Å². The summed E-state index contributed by atoms with van der Waals surface area (Å²) in [4.78, 5) is 29.4. The van der Waals surface area contributed by atoms with E-state index < -0.39 is 4.92 Å². The minimum absolute atomic E-state index is 0.0258. The van der Waals surface area contributed by atoms with Crippen molar-refractivity contribution in [2.45, 2.75) is 12.5 Å². The van der Waals surface area contributed by atoms with E-state index in [1.165, 1.54) is 6.07 Å². The molecule has 25 heavy (non-hydrogen) atoms. The fourth-order valence-electron chi connectivity index (χ4n) is 3.64. The van der Waals surface area contributed by atoms with Crippen molar-refractivity contribution in [2.24, 2.45) is 0 Å². The number of benzene rings is 1. The lowest BCUT2D eigenvalue weighted by Gasteiger charge is -2.32. The van der Waals surface area contributed by atoms with E-state index in [1.54, 1.807) is 30.1 Å². The lowest BCUT2D eigenvalue weighted by atomic mass is 10.2. The highest BCUT2D eigenvalue weighted by atomic mass is 16.6. The number of hydrogen-bond acceptors (Lipinski definition) is 6. The number of amides is 1. The number of rotatable bonds is 5. The number of likely N-dealkylation sites (N-methyl/N-ethyl adjacent to an activating group) is 1. The predicted octanol–water partition coefficient (Wildman–Crippen LogP) is 0.537. The van der Waals surface area contributed by atoms with E-state index in [4.69, 9.17) is 0 Å². The maximum absolute atomic E-state index is 12.6. The van der Waals surface area contributed by atoms with Crippen molar-refractivity contribution in [3.63, 3.8) is 0 Å². The third-order valence-corrected chi connectivity index (χ3v) is 5.05. The summed E-state index contributed by atoms with van der Waals surface area (Å²) in [6.07, 6.45) is 1.00. The van der Waals surface area contributed by atoms with Crippen LogP contribution in [-0.2, 0) is 4.79 Å². The van der Waals surface area contributed by atoms with Gasteiger partial charge in [0, 0.05) is 58.4 Å². The fourth-order valence-corrected chi connectivity index (χ4v) is 3.64. The Kier molecular flexibility index (Phi) is 5.50. The van der Waals surface area contributed by atoms with E-state index in [0.717, 1.165) is 45.7 Å². The zero-order valence-corrected chi connectivity index (χ0v) is 14.6. The molecule has 3 rings (SSSR count). The summed E-state index contributed by atoms with van der Waals surface area (Å²) < 4.78 is 0. The van der Waals surface area contributed by atoms with Crippen LogP contribution < -0.4 is 10.2 Å². The van der Waals surface area contributed by atoms with E-state index in [9.17, 15) is 14.9 Å². The standard InChI is InChI=1S/C17H25N5O3/c1-19(15-4-2-3-5-16(15)22(24)25)13-17(23)21-9-6-14(12-21)20-10-7-18-8-11-20/h2-5,14,18H,6-13H2,1H3. The molecule has 8 nitrogen and oxygen atoms in total. The maximum atomic E-state index is 12.6. The van der Waals surface area contributed by atoms with Crippen LogP contribution in [0.3, 0.4) is 0 Å². The molecule has 2 aliphatic heterocycles. The van der Waals surface area contributed by atoms with Gasteiger partial charge in [-0.2, -0.15) is 0 Å². The van der Waals surface area contributed by atoms with Gasteiger partial charge in [-0.25, -0.2) is 0 Å². The maximum Gasteiger partial charge on any atom is 0.292 e. The minimum atomic E-state index is -0.410. The van der Waals surface area contributed by atoms with Crippen molar-refractivity contribution in [1.82, 2.24) is 15.1 Å². The van der Waals surface area contributed by atoms with Crippen LogP contribution in [0.2, 0.25) is 0 Å². The minimum Gasteiger partial charge on any atom is -0.360 e. The Hall–Kier alpha value is -2.19. The molecule has 1 N–H and O–H groups in total. The fraction of sp³-hybridized carbons (Fsp3) is 0.588. The molecular formula is C17H25N5O3. The first kappa shape index (κ1) is 17.6. The number of likely N-dealkylation sites (tertiary alicyclic amines) is 1. The summed E-state index contributed by atoms with van der Waals surface area (Å²) in [7, 11) is 1.73. The molecular weight excluding hydrogens is 322 g/mol. The van der Waals surface area contributed by atoms with Crippen molar-refractivity contribution < 1.29 is 9.72 Å². The topological polar surface area (TPSA) is 82.0 Å². The van der Waals surface area contributed by atoms with Crippen LogP contribution in [0.5, 0.6) is 0 Å². The van der Waals surface area contributed by atoms with Gasteiger partial charge in [-0.15, -0.1) is 0 Å². The molecule has 2 fully saturated rings. The van der Waals surface area contributed by atoms with Gasteiger partial charge < -0.3 is 15.1 Å². The number of nitro groups is 1. The summed E-state index contributed by atoms with van der Waals surface area (Å²) in [6, 6.07) is 6.96. The van der Waals surface area contributed by atoms with Gasteiger partial charge in [0.15, 0.2) is 0 Å². The summed E-state index contributed by atoms with van der Waals surface area (Å²) in [6.45, 7) is 5.74. The summed E-state index contributed by atoms with van der Waals surface area (Å²) in [5.74, 6) is 0.0262. The number of nitrogens with zero attached hydrogens (tertiary/aromatic N) is 4.